The molecule has 0 heterocycles. The van der Waals surface area contributed by atoms with Crippen molar-refractivity contribution < 1.29 is 19.4 Å². The molecule has 0 aromatic carbocycles. The Kier molecular flexibility index (Phi) is 3.93. The van der Waals surface area contributed by atoms with E-state index in [2.05, 4.69) is 13.8 Å². The van der Waals surface area contributed by atoms with E-state index in [-0.39, 0.29) is 40.0 Å². The third kappa shape index (κ3) is 2.04. The fraction of sp³-hybridized carbons (Fsp3) is 0.857. The van der Waals surface area contributed by atoms with Gasteiger partial charge in [0, 0.05) is 5.92 Å². The van der Waals surface area contributed by atoms with Crippen molar-refractivity contribution in [1.29, 1.82) is 5.41 Å². The monoisotopic (exact) mass is 362 g/mol. The van der Waals surface area contributed by atoms with Crippen LogP contribution in [-0.4, -0.2) is 41.1 Å². The molecule has 0 amide bonds. The topological polar surface area (TPSA) is 91.8 Å². The molecule has 0 aromatic rings. The second-order valence-corrected chi connectivity index (χ2v) is 9.77. The first-order valence-corrected chi connectivity index (χ1v) is 10.1. The van der Waals surface area contributed by atoms with Gasteiger partial charge >= 0.3 is 5.97 Å². The molecule has 4 rings (SSSR count). The van der Waals surface area contributed by atoms with E-state index in [1.165, 1.54) is 7.11 Å². The summed E-state index contributed by atoms with van der Waals surface area (Å²) in [6.45, 7) is 4.38. The molecular formula is C21H32NO4+. The number of ketones is 1. The molecule has 4 saturated carbocycles. The number of nitrogens with one attached hydrogen (secondary N) is 1. The number of esters is 1. The molecule has 4 aliphatic carbocycles. The lowest BCUT2D eigenvalue weighted by Gasteiger charge is -2.54. The lowest BCUT2D eigenvalue weighted by atomic mass is 9.48. The van der Waals surface area contributed by atoms with Gasteiger partial charge in [-0.05, 0) is 74.3 Å². The van der Waals surface area contributed by atoms with Crippen LogP contribution in [0.15, 0.2) is 0 Å². The van der Waals surface area contributed by atoms with Crippen LogP contribution in [0, 0.1) is 45.3 Å². The molecule has 0 saturated heterocycles. The number of hydrogen-bond donors (Lipinski definition) is 2. The lowest BCUT2D eigenvalue weighted by molar-refractivity contribution is -0.163. The standard InChI is InChI=1S/C21H31NO4/c1-19-9-12-10-21(12,16(11-22)14(19)4-5-17(19)24)20(2)7-6-13(23)8-15(20)18(25)26-3/h11-16,22-23H,4-10H2,1-3H3/p+1/t12-,13+,14+,15-,16+,19+,20+,21?/m1/s1. The zero-order chi connectivity index (χ0) is 18.9. The minimum Gasteiger partial charge on any atom is -0.469 e. The number of fused-ring (bicyclic) bond motifs is 2. The summed E-state index contributed by atoms with van der Waals surface area (Å²) in [7, 11) is 1.43. The van der Waals surface area contributed by atoms with Gasteiger partial charge in [0.25, 0.3) is 5.78 Å². The van der Waals surface area contributed by atoms with Gasteiger partial charge in [-0.25, -0.2) is 0 Å². The van der Waals surface area contributed by atoms with E-state index < -0.39 is 6.10 Å². The Morgan fingerprint density at radius 3 is 2.73 bits per heavy atom. The molecule has 0 radical (unpaired) electrons. The number of carbonyl (C=O) groups excluding carboxylic acids is 2. The predicted octanol–water partition coefficient (Wildman–Crippen LogP) is 2.96. The van der Waals surface area contributed by atoms with Crippen LogP contribution in [0.3, 0.4) is 0 Å². The zero-order valence-electron chi connectivity index (χ0n) is 16.1. The smallest absolute Gasteiger partial charge is 0.309 e. The van der Waals surface area contributed by atoms with E-state index in [4.69, 9.17) is 10.1 Å². The number of aliphatic hydroxyl groups is 1. The van der Waals surface area contributed by atoms with Crippen LogP contribution in [0.2, 0.25) is 0 Å². The molecular weight excluding hydrogens is 330 g/mol. The van der Waals surface area contributed by atoms with Crippen LogP contribution in [0.4, 0.5) is 0 Å². The van der Waals surface area contributed by atoms with Crippen molar-refractivity contribution in [3.63, 3.8) is 0 Å². The van der Waals surface area contributed by atoms with Crippen molar-refractivity contribution in [2.24, 2.45) is 39.9 Å². The molecule has 0 bridgehead atoms. The van der Waals surface area contributed by atoms with Gasteiger partial charge < -0.3 is 15.3 Å². The van der Waals surface area contributed by atoms with Gasteiger partial charge in [-0.15, -0.1) is 0 Å². The van der Waals surface area contributed by atoms with Gasteiger partial charge in [-0.3, -0.25) is 9.59 Å². The number of hydrogen-bond acceptors (Lipinski definition) is 4. The number of aliphatic hydroxyl groups excluding tert-OH is 1. The van der Waals surface area contributed by atoms with E-state index in [0.717, 1.165) is 32.1 Å². The van der Waals surface area contributed by atoms with Crippen molar-refractivity contribution in [2.75, 3.05) is 7.11 Å². The molecule has 5 nitrogen and oxygen atoms in total. The van der Waals surface area contributed by atoms with Gasteiger partial charge in [0.15, 0.2) is 0 Å². The van der Waals surface area contributed by atoms with E-state index in [1.54, 1.807) is 6.21 Å². The molecule has 3 N–H and O–H groups in total. The number of carbonyl (C=O) groups is 1. The van der Waals surface area contributed by atoms with Crippen LogP contribution < -0.4 is 0 Å². The molecule has 4 aliphatic rings. The summed E-state index contributed by atoms with van der Waals surface area (Å²) in [5.41, 5.74) is -0.507. The summed E-state index contributed by atoms with van der Waals surface area (Å²) in [5.74, 6) is 0.881. The third-order valence-electron chi connectivity index (χ3n) is 9.02. The van der Waals surface area contributed by atoms with Crippen LogP contribution in [0.1, 0.15) is 58.8 Å². The normalized spacial score (nSPS) is 52.8. The van der Waals surface area contributed by atoms with Gasteiger partial charge in [-0.1, -0.05) is 6.92 Å². The first-order chi connectivity index (χ1) is 12.2. The van der Waals surface area contributed by atoms with E-state index >= 15 is 0 Å². The Hall–Kier alpha value is -1.23. The third-order valence-corrected chi connectivity index (χ3v) is 9.02. The van der Waals surface area contributed by atoms with Crippen molar-refractivity contribution in [1.82, 2.24) is 0 Å². The summed E-state index contributed by atoms with van der Waals surface area (Å²) in [4.78, 5) is 23.2. The molecule has 5 heteroatoms. The van der Waals surface area contributed by atoms with Gasteiger partial charge in [-0.2, -0.15) is 0 Å². The van der Waals surface area contributed by atoms with Gasteiger partial charge in [0.2, 0.25) is 0 Å². The fourth-order valence-electron chi connectivity index (χ4n) is 7.53. The highest BCUT2D eigenvalue weighted by molar-refractivity contribution is 5.89. The summed E-state index contributed by atoms with van der Waals surface area (Å²) in [5, 5.41) is 18.5. The Bertz CT molecular complexity index is 662. The Morgan fingerprint density at radius 2 is 2.08 bits per heavy atom. The maximum atomic E-state index is 12.6. The van der Waals surface area contributed by atoms with Crippen molar-refractivity contribution in [3.05, 3.63) is 0 Å². The maximum absolute atomic E-state index is 12.6. The van der Waals surface area contributed by atoms with Crippen molar-refractivity contribution >= 4 is 18.0 Å². The minimum atomic E-state index is -0.447. The largest absolute Gasteiger partial charge is 0.469 e. The highest BCUT2D eigenvalue weighted by atomic mass is 16.5. The molecule has 0 spiro atoms. The average Bonchev–Trinajstić information content (AvgIpc) is 3.27. The molecule has 1 unspecified atom stereocenters. The van der Waals surface area contributed by atoms with Crippen LogP contribution >= 0.6 is 0 Å². The highest BCUT2D eigenvalue weighted by Gasteiger charge is 2.77. The van der Waals surface area contributed by atoms with Gasteiger partial charge in [0.05, 0.1) is 31.0 Å². The summed E-state index contributed by atoms with van der Waals surface area (Å²) in [6, 6.07) is 0. The maximum Gasteiger partial charge on any atom is 0.309 e. The van der Waals surface area contributed by atoms with Gasteiger partial charge in [0.1, 0.15) is 0 Å². The average molecular weight is 362 g/mol. The van der Waals surface area contributed by atoms with E-state index in [0.29, 0.717) is 24.5 Å². The summed E-state index contributed by atoms with van der Waals surface area (Å²) < 4.78 is 5.13. The van der Waals surface area contributed by atoms with E-state index in [9.17, 15) is 14.7 Å². The molecule has 144 valence electrons. The Morgan fingerprint density at radius 1 is 1.35 bits per heavy atom. The van der Waals surface area contributed by atoms with Crippen LogP contribution in [-0.2, 0) is 9.53 Å². The lowest BCUT2D eigenvalue weighted by Crippen LogP contribution is -2.55. The number of methoxy groups -OCH3 is 1. The molecule has 8 atom stereocenters. The fourth-order valence-corrected chi connectivity index (χ4v) is 7.53. The molecule has 4 fully saturated rings. The first-order valence-electron chi connectivity index (χ1n) is 10.1. The zero-order valence-corrected chi connectivity index (χ0v) is 16.1. The second kappa shape index (κ2) is 5.63. The second-order valence-electron chi connectivity index (χ2n) is 9.77. The molecule has 0 aliphatic heterocycles. The Balaban J connectivity index is 1.76. The summed E-state index contributed by atoms with van der Waals surface area (Å²) in [6.07, 6.45) is 6.79. The number of rotatable bonds is 3. The first kappa shape index (κ1) is 18.1. The van der Waals surface area contributed by atoms with Crippen molar-refractivity contribution in [2.45, 2.75) is 64.9 Å². The van der Waals surface area contributed by atoms with Crippen LogP contribution in [0.5, 0.6) is 0 Å². The Labute approximate surface area is 155 Å². The number of ether oxygens (including phenoxy) is 1. The van der Waals surface area contributed by atoms with Crippen LogP contribution in [0.25, 0.3) is 0 Å². The van der Waals surface area contributed by atoms with Crippen molar-refractivity contribution in [3.8, 4) is 0 Å². The quantitative estimate of drug-likeness (QED) is 0.459. The predicted molar refractivity (Wildman–Crippen MR) is 98.7 cm³/mol. The highest BCUT2D eigenvalue weighted by Crippen LogP contribution is 2.80. The SMILES string of the molecule is COC(=O)[C@H]1C[C@@H](O)CC[C@]1(C)C12C[C@H]1C[C@]1(C)C(=[OH+])CC[C@H]1[C@@H]2C=N. The molecule has 26 heavy (non-hydrogen) atoms. The molecule has 0 aromatic heterocycles. The minimum absolute atomic E-state index is 0.0669. The van der Waals surface area contributed by atoms with E-state index in [1.807, 2.05) is 0 Å². The summed E-state index contributed by atoms with van der Waals surface area (Å²) >= 11 is 0.